The van der Waals surface area contributed by atoms with Gasteiger partial charge in [0.25, 0.3) is 0 Å². The highest BCUT2D eigenvalue weighted by atomic mass is 16.5. The summed E-state index contributed by atoms with van der Waals surface area (Å²) >= 11 is 0. The van der Waals surface area contributed by atoms with E-state index in [1.165, 1.54) is 103 Å². The van der Waals surface area contributed by atoms with Gasteiger partial charge in [0.1, 0.15) is 0 Å². The average Bonchev–Trinajstić information content (AvgIpc) is 2.64. The van der Waals surface area contributed by atoms with Gasteiger partial charge >= 0.3 is 0 Å². The van der Waals surface area contributed by atoms with Crippen molar-refractivity contribution in [1.29, 1.82) is 0 Å². The first-order valence-electron chi connectivity index (χ1n) is 11.4. The lowest BCUT2D eigenvalue weighted by Crippen LogP contribution is -2.28. The number of rotatable bonds is 11. The third-order valence-corrected chi connectivity index (χ3v) is 6.96. The Bertz CT molecular complexity index is 284. The summed E-state index contributed by atoms with van der Waals surface area (Å²) in [7, 11) is 0. The maximum absolute atomic E-state index is 6.18. The van der Waals surface area contributed by atoms with Gasteiger partial charge in [-0.15, -0.1) is 0 Å². The Morgan fingerprint density at radius 2 is 1.17 bits per heavy atom. The minimum Gasteiger partial charge on any atom is -0.378 e. The van der Waals surface area contributed by atoms with E-state index in [2.05, 4.69) is 13.8 Å². The highest BCUT2D eigenvalue weighted by Gasteiger charge is 2.30. The van der Waals surface area contributed by atoms with Crippen molar-refractivity contribution in [3.63, 3.8) is 0 Å². The van der Waals surface area contributed by atoms with Crippen molar-refractivity contribution < 1.29 is 4.74 Å². The quantitative estimate of drug-likeness (QED) is 0.354. The van der Waals surface area contributed by atoms with Crippen LogP contribution in [-0.2, 0) is 4.74 Å². The first-order chi connectivity index (χ1) is 11.8. The van der Waals surface area contributed by atoms with Gasteiger partial charge in [-0.25, -0.2) is 0 Å². The normalized spacial score (nSPS) is 31.2. The molecule has 2 aliphatic rings. The Hall–Kier alpha value is -0.0400. The van der Waals surface area contributed by atoms with Crippen LogP contribution >= 0.6 is 0 Å². The molecule has 2 aliphatic carbocycles. The molecule has 0 amide bonds. The van der Waals surface area contributed by atoms with Crippen LogP contribution in [0.2, 0.25) is 0 Å². The van der Waals surface area contributed by atoms with Crippen molar-refractivity contribution in [2.75, 3.05) is 6.61 Å². The molecule has 142 valence electrons. The van der Waals surface area contributed by atoms with Gasteiger partial charge < -0.3 is 4.74 Å². The summed E-state index contributed by atoms with van der Waals surface area (Å²) < 4.78 is 6.18. The zero-order chi connectivity index (χ0) is 17.0. The molecule has 0 unspecified atom stereocenters. The van der Waals surface area contributed by atoms with Crippen LogP contribution in [-0.4, -0.2) is 12.7 Å². The molecule has 0 aromatic carbocycles. The highest BCUT2D eigenvalue weighted by Crippen LogP contribution is 2.41. The minimum absolute atomic E-state index is 0.591. The largest absolute Gasteiger partial charge is 0.378 e. The number of unbranched alkanes of at least 4 members (excludes halogenated alkanes) is 6. The standard InChI is InChI=1S/C23H44O/c1-3-5-6-7-8-9-10-19-24-23-17-15-22(16-18-23)21-13-11-20(4-2)12-14-21/h20-23H,3-19H2,1-2H3/t20?,21?,22-,23-. The first kappa shape index (κ1) is 20.3. The Morgan fingerprint density at radius 3 is 1.75 bits per heavy atom. The van der Waals surface area contributed by atoms with Crippen LogP contribution in [0.4, 0.5) is 0 Å². The summed E-state index contributed by atoms with van der Waals surface area (Å²) in [4.78, 5) is 0. The van der Waals surface area contributed by atoms with Crippen molar-refractivity contribution in [2.45, 2.75) is 123 Å². The number of hydrogen-bond acceptors (Lipinski definition) is 1. The van der Waals surface area contributed by atoms with Crippen molar-refractivity contribution in [2.24, 2.45) is 17.8 Å². The van der Waals surface area contributed by atoms with E-state index in [1.807, 2.05) is 0 Å². The molecular formula is C23H44O. The van der Waals surface area contributed by atoms with Crippen LogP contribution in [0.25, 0.3) is 0 Å². The zero-order valence-electron chi connectivity index (χ0n) is 16.7. The van der Waals surface area contributed by atoms with Gasteiger partial charge in [0, 0.05) is 6.61 Å². The lowest BCUT2D eigenvalue weighted by Gasteiger charge is -2.37. The average molecular weight is 337 g/mol. The molecule has 24 heavy (non-hydrogen) atoms. The van der Waals surface area contributed by atoms with E-state index < -0.39 is 0 Å². The fraction of sp³-hybridized carbons (Fsp3) is 1.00. The Balaban J connectivity index is 1.46. The summed E-state index contributed by atoms with van der Waals surface area (Å²) in [5, 5.41) is 0. The molecule has 0 bridgehead atoms. The Morgan fingerprint density at radius 1 is 0.625 bits per heavy atom. The molecule has 0 heterocycles. The van der Waals surface area contributed by atoms with Gasteiger partial charge in [0.2, 0.25) is 0 Å². The van der Waals surface area contributed by atoms with Gasteiger partial charge in [-0.3, -0.25) is 0 Å². The Kier molecular flexibility index (Phi) is 10.4. The van der Waals surface area contributed by atoms with Crippen LogP contribution < -0.4 is 0 Å². The molecule has 0 aromatic rings. The van der Waals surface area contributed by atoms with E-state index in [1.54, 1.807) is 0 Å². The smallest absolute Gasteiger partial charge is 0.0575 e. The molecule has 0 saturated heterocycles. The predicted octanol–water partition coefficient (Wildman–Crippen LogP) is 7.53. The van der Waals surface area contributed by atoms with Crippen LogP contribution in [0.5, 0.6) is 0 Å². The first-order valence-corrected chi connectivity index (χ1v) is 11.4. The fourth-order valence-corrected chi connectivity index (χ4v) is 5.10. The second kappa shape index (κ2) is 12.3. The lowest BCUT2D eigenvalue weighted by molar-refractivity contribution is 0.00536. The molecular weight excluding hydrogens is 292 g/mol. The number of hydrogen-bond donors (Lipinski definition) is 0. The molecule has 0 spiro atoms. The van der Waals surface area contributed by atoms with Gasteiger partial charge in [0.15, 0.2) is 0 Å². The summed E-state index contributed by atoms with van der Waals surface area (Å²) in [5.41, 5.74) is 0. The van der Waals surface area contributed by atoms with E-state index in [0.717, 1.165) is 24.4 Å². The summed E-state index contributed by atoms with van der Waals surface area (Å²) in [6, 6.07) is 0. The van der Waals surface area contributed by atoms with E-state index in [0.29, 0.717) is 6.10 Å². The van der Waals surface area contributed by atoms with Crippen molar-refractivity contribution in [3.05, 3.63) is 0 Å². The van der Waals surface area contributed by atoms with Crippen LogP contribution in [0, 0.1) is 17.8 Å². The van der Waals surface area contributed by atoms with Gasteiger partial charge in [0.05, 0.1) is 6.10 Å². The van der Waals surface area contributed by atoms with Crippen LogP contribution in [0.3, 0.4) is 0 Å². The van der Waals surface area contributed by atoms with Gasteiger partial charge in [-0.05, 0) is 62.7 Å². The molecule has 1 nitrogen and oxygen atoms in total. The number of ether oxygens (including phenoxy) is 1. The third kappa shape index (κ3) is 7.46. The summed E-state index contributed by atoms with van der Waals surface area (Å²) in [6.07, 6.45) is 23.3. The minimum atomic E-state index is 0.591. The summed E-state index contributed by atoms with van der Waals surface area (Å²) in [5.74, 6) is 3.13. The molecule has 2 rings (SSSR count). The van der Waals surface area contributed by atoms with E-state index >= 15 is 0 Å². The highest BCUT2D eigenvalue weighted by molar-refractivity contribution is 4.82. The topological polar surface area (TPSA) is 9.23 Å². The molecule has 2 fully saturated rings. The molecule has 0 N–H and O–H groups in total. The van der Waals surface area contributed by atoms with Gasteiger partial charge in [-0.2, -0.15) is 0 Å². The lowest BCUT2D eigenvalue weighted by atomic mass is 9.70. The van der Waals surface area contributed by atoms with Crippen molar-refractivity contribution in [3.8, 4) is 0 Å². The predicted molar refractivity (Wildman–Crippen MR) is 105 cm³/mol. The van der Waals surface area contributed by atoms with Crippen molar-refractivity contribution >= 4 is 0 Å². The maximum atomic E-state index is 6.18. The SMILES string of the molecule is CCCCCCCCCO[C@H]1CC[C@H](C2CCC(CC)CC2)CC1. The second-order valence-electron chi connectivity index (χ2n) is 8.72. The van der Waals surface area contributed by atoms with E-state index in [-0.39, 0.29) is 0 Å². The molecule has 0 aliphatic heterocycles. The molecule has 0 aromatic heterocycles. The molecule has 0 radical (unpaired) electrons. The second-order valence-corrected chi connectivity index (χ2v) is 8.72. The third-order valence-electron chi connectivity index (χ3n) is 6.96. The van der Waals surface area contributed by atoms with Crippen molar-refractivity contribution in [1.82, 2.24) is 0 Å². The van der Waals surface area contributed by atoms with Crippen LogP contribution in [0.15, 0.2) is 0 Å². The molecule has 2 saturated carbocycles. The maximum Gasteiger partial charge on any atom is 0.0575 e. The van der Waals surface area contributed by atoms with E-state index in [4.69, 9.17) is 4.74 Å². The van der Waals surface area contributed by atoms with Gasteiger partial charge in [-0.1, -0.05) is 71.6 Å². The molecule has 1 heteroatoms. The monoisotopic (exact) mass is 336 g/mol. The fourth-order valence-electron chi connectivity index (χ4n) is 5.10. The van der Waals surface area contributed by atoms with Crippen LogP contribution in [0.1, 0.15) is 117 Å². The molecule has 0 atom stereocenters. The Labute approximate surface area is 152 Å². The van der Waals surface area contributed by atoms with E-state index in [9.17, 15) is 0 Å². The summed E-state index contributed by atoms with van der Waals surface area (Å²) in [6.45, 7) is 5.68. The zero-order valence-corrected chi connectivity index (χ0v) is 16.7.